The first-order valence-electron chi connectivity index (χ1n) is 5.15. The fourth-order valence-corrected chi connectivity index (χ4v) is 1.91. The van der Waals surface area contributed by atoms with E-state index >= 15 is 0 Å². The summed E-state index contributed by atoms with van der Waals surface area (Å²) in [6.07, 6.45) is 3.22. The van der Waals surface area contributed by atoms with Crippen LogP contribution in [0, 0.1) is 16.7 Å². The van der Waals surface area contributed by atoms with Gasteiger partial charge in [0.1, 0.15) is 22.8 Å². The van der Waals surface area contributed by atoms with Crippen LogP contribution in [0.2, 0.25) is 0 Å². The Hall–Kier alpha value is -2.67. The van der Waals surface area contributed by atoms with Crippen LogP contribution >= 0.6 is 0 Å². The van der Waals surface area contributed by atoms with E-state index in [4.69, 9.17) is 10.7 Å². The summed E-state index contributed by atoms with van der Waals surface area (Å²) in [5.41, 5.74) is 1.15. The van der Waals surface area contributed by atoms with Gasteiger partial charge in [-0.15, -0.1) is 0 Å². The maximum atomic E-state index is 8.87. The molecule has 1 N–H and O–H groups in total. The molecule has 80 valence electrons. The summed E-state index contributed by atoms with van der Waals surface area (Å²) in [7, 11) is 0. The molecule has 0 saturated carbocycles. The van der Waals surface area contributed by atoms with E-state index in [1.165, 1.54) is 6.20 Å². The van der Waals surface area contributed by atoms with Crippen LogP contribution in [0.5, 0.6) is 0 Å². The number of nitrogens with one attached hydrogen (secondary N) is 1. The van der Waals surface area contributed by atoms with Crippen LogP contribution in [0.25, 0.3) is 16.4 Å². The van der Waals surface area contributed by atoms with Crippen molar-refractivity contribution in [2.24, 2.45) is 0 Å². The van der Waals surface area contributed by atoms with Gasteiger partial charge in [0.25, 0.3) is 0 Å². The lowest BCUT2D eigenvalue weighted by molar-refractivity contribution is 0.968. The zero-order valence-electron chi connectivity index (χ0n) is 8.88. The fraction of sp³-hybridized carbons (Fsp3) is 0. The van der Waals surface area contributed by atoms with Gasteiger partial charge in [-0.2, -0.15) is 5.26 Å². The van der Waals surface area contributed by atoms with Gasteiger partial charge in [-0.3, -0.25) is 9.81 Å². The van der Waals surface area contributed by atoms with E-state index in [-0.39, 0.29) is 11.1 Å². The molecule has 0 radical (unpaired) electrons. The molecule has 0 spiro atoms. The summed E-state index contributed by atoms with van der Waals surface area (Å²) in [4.78, 5) is 4.26. The Bertz CT molecular complexity index is 824. The van der Waals surface area contributed by atoms with E-state index in [2.05, 4.69) is 4.98 Å². The van der Waals surface area contributed by atoms with Crippen molar-refractivity contribution in [1.82, 2.24) is 9.38 Å². The third-order valence-corrected chi connectivity index (χ3v) is 2.77. The molecule has 0 aliphatic heterocycles. The Balaban J connectivity index is 2.59. The van der Waals surface area contributed by atoms with Crippen LogP contribution < -0.4 is 5.49 Å². The topological polar surface area (TPSA) is 64.9 Å². The Morgan fingerprint density at radius 1 is 1.24 bits per heavy atom. The average molecular weight is 220 g/mol. The SMILES string of the molecule is N#Cc1cnc2c3ccccc3ccn2c1=N. The van der Waals surface area contributed by atoms with Crippen LogP contribution in [-0.2, 0) is 0 Å². The minimum absolute atomic E-state index is 0.170. The molecule has 0 amide bonds. The number of nitrogens with zero attached hydrogens (tertiary/aromatic N) is 3. The van der Waals surface area contributed by atoms with Gasteiger partial charge in [0, 0.05) is 11.6 Å². The van der Waals surface area contributed by atoms with Crippen molar-refractivity contribution >= 4 is 16.4 Å². The molecule has 0 bridgehead atoms. The molecular formula is C13H8N4. The van der Waals surface area contributed by atoms with Gasteiger partial charge in [0.2, 0.25) is 0 Å². The van der Waals surface area contributed by atoms with E-state index in [9.17, 15) is 0 Å². The van der Waals surface area contributed by atoms with E-state index in [1.807, 2.05) is 36.4 Å². The lowest BCUT2D eigenvalue weighted by Crippen LogP contribution is -2.17. The van der Waals surface area contributed by atoms with Gasteiger partial charge in [-0.25, -0.2) is 4.98 Å². The molecule has 0 unspecified atom stereocenters. The maximum absolute atomic E-state index is 8.87. The third kappa shape index (κ3) is 1.30. The number of benzene rings is 1. The molecule has 0 aliphatic rings. The molecule has 17 heavy (non-hydrogen) atoms. The van der Waals surface area contributed by atoms with Gasteiger partial charge < -0.3 is 0 Å². The van der Waals surface area contributed by atoms with Crippen molar-refractivity contribution in [3.8, 4) is 6.07 Å². The largest absolute Gasteiger partial charge is 0.285 e. The Kier molecular flexibility index (Phi) is 1.92. The number of rotatable bonds is 0. The van der Waals surface area contributed by atoms with Crippen molar-refractivity contribution in [3.63, 3.8) is 0 Å². The molecule has 4 nitrogen and oxygen atoms in total. The number of hydrogen-bond acceptors (Lipinski definition) is 3. The number of pyridine rings is 1. The van der Waals surface area contributed by atoms with Crippen LogP contribution in [0.4, 0.5) is 0 Å². The van der Waals surface area contributed by atoms with Crippen molar-refractivity contribution in [1.29, 1.82) is 10.7 Å². The number of fused-ring (bicyclic) bond motifs is 3. The van der Waals surface area contributed by atoms with Gasteiger partial charge in [-0.1, -0.05) is 24.3 Å². The monoisotopic (exact) mass is 220 g/mol. The summed E-state index contributed by atoms with van der Waals surface area (Å²) < 4.78 is 1.63. The minimum Gasteiger partial charge on any atom is -0.285 e. The first kappa shape index (κ1) is 9.55. The highest BCUT2D eigenvalue weighted by Crippen LogP contribution is 2.16. The normalized spacial score (nSPS) is 10.5. The highest BCUT2D eigenvalue weighted by molar-refractivity contribution is 5.93. The highest BCUT2D eigenvalue weighted by Gasteiger charge is 2.04. The first-order valence-corrected chi connectivity index (χ1v) is 5.15. The maximum Gasteiger partial charge on any atom is 0.150 e. The molecule has 0 atom stereocenters. The standard InChI is InChI=1S/C13H8N4/c14-7-10-8-16-13-11-4-2-1-3-9(11)5-6-17(13)12(10)15/h1-6,8,15H. The Morgan fingerprint density at radius 2 is 2.06 bits per heavy atom. The summed E-state index contributed by atoms with van der Waals surface area (Å²) in [5, 5.41) is 18.8. The number of aromatic nitrogens is 2. The average Bonchev–Trinajstić information content (AvgIpc) is 2.39. The summed E-state index contributed by atoms with van der Waals surface area (Å²) in [6.45, 7) is 0. The fourth-order valence-electron chi connectivity index (χ4n) is 1.91. The molecule has 3 aromatic rings. The highest BCUT2D eigenvalue weighted by atomic mass is 15.0. The van der Waals surface area contributed by atoms with E-state index < -0.39 is 0 Å². The predicted molar refractivity (Wildman–Crippen MR) is 63.3 cm³/mol. The first-order chi connectivity index (χ1) is 8.31. The summed E-state index contributed by atoms with van der Waals surface area (Å²) in [5.74, 6) is 0. The minimum atomic E-state index is 0.170. The Labute approximate surface area is 96.9 Å². The lowest BCUT2D eigenvalue weighted by atomic mass is 10.1. The molecule has 0 fully saturated rings. The summed E-state index contributed by atoms with van der Waals surface area (Å²) >= 11 is 0. The van der Waals surface area contributed by atoms with E-state index in [1.54, 1.807) is 10.6 Å². The van der Waals surface area contributed by atoms with Crippen LogP contribution in [-0.4, -0.2) is 9.38 Å². The molecule has 0 saturated heterocycles. The van der Waals surface area contributed by atoms with Gasteiger partial charge >= 0.3 is 0 Å². The van der Waals surface area contributed by atoms with E-state index in [0.29, 0.717) is 5.65 Å². The predicted octanol–water partition coefficient (Wildman–Crippen LogP) is 1.84. The summed E-state index contributed by atoms with van der Waals surface area (Å²) in [6, 6.07) is 11.7. The Morgan fingerprint density at radius 3 is 2.88 bits per heavy atom. The van der Waals surface area contributed by atoms with Crippen LogP contribution in [0.1, 0.15) is 5.56 Å². The lowest BCUT2D eigenvalue weighted by Gasteiger charge is -2.05. The van der Waals surface area contributed by atoms with Crippen molar-refractivity contribution in [2.45, 2.75) is 0 Å². The molecule has 3 rings (SSSR count). The zero-order valence-corrected chi connectivity index (χ0v) is 8.88. The third-order valence-electron chi connectivity index (χ3n) is 2.77. The molecule has 4 heteroatoms. The van der Waals surface area contributed by atoms with Gasteiger partial charge in [-0.05, 0) is 11.5 Å². The van der Waals surface area contributed by atoms with Crippen molar-refractivity contribution < 1.29 is 0 Å². The second-order valence-corrected chi connectivity index (χ2v) is 3.73. The number of nitriles is 1. The van der Waals surface area contributed by atoms with Crippen LogP contribution in [0.15, 0.2) is 42.7 Å². The molecule has 2 heterocycles. The number of hydrogen-bond donors (Lipinski definition) is 1. The molecular weight excluding hydrogens is 212 g/mol. The second-order valence-electron chi connectivity index (χ2n) is 3.73. The van der Waals surface area contributed by atoms with Crippen molar-refractivity contribution in [3.05, 3.63) is 53.8 Å². The quantitative estimate of drug-likeness (QED) is 0.587. The van der Waals surface area contributed by atoms with Crippen LogP contribution in [0.3, 0.4) is 0 Å². The van der Waals surface area contributed by atoms with Gasteiger partial charge in [0.05, 0.1) is 6.20 Å². The van der Waals surface area contributed by atoms with Gasteiger partial charge in [0.15, 0.2) is 0 Å². The molecule has 0 aliphatic carbocycles. The van der Waals surface area contributed by atoms with E-state index in [0.717, 1.165) is 10.8 Å². The molecule has 1 aromatic carbocycles. The smallest absolute Gasteiger partial charge is 0.150 e. The zero-order chi connectivity index (χ0) is 11.8. The van der Waals surface area contributed by atoms with Crippen molar-refractivity contribution in [2.75, 3.05) is 0 Å². The molecule has 2 aromatic heterocycles. The second kappa shape index (κ2) is 3.42.